The van der Waals surface area contributed by atoms with Crippen LogP contribution in [0.25, 0.3) is 0 Å². The van der Waals surface area contributed by atoms with Crippen molar-refractivity contribution in [3.63, 3.8) is 0 Å². The molecule has 3 nitrogen and oxygen atoms in total. The van der Waals surface area contributed by atoms with E-state index >= 15 is 0 Å². The van der Waals surface area contributed by atoms with Gasteiger partial charge in [-0.15, -0.1) is 0 Å². The van der Waals surface area contributed by atoms with Crippen LogP contribution in [-0.2, 0) is 11.2 Å². The van der Waals surface area contributed by atoms with Gasteiger partial charge in [0.05, 0.1) is 6.42 Å². The third kappa shape index (κ3) is 4.96. The zero-order valence-electron chi connectivity index (χ0n) is 8.95. The highest BCUT2D eigenvalue weighted by Gasteiger charge is 2.01. The smallest absolute Gasteiger partial charge is 0.224 e. The molecule has 0 aliphatic carbocycles. The summed E-state index contributed by atoms with van der Waals surface area (Å²) in [6.45, 7) is 1.01. The summed E-state index contributed by atoms with van der Waals surface area (Å²) >= 11 is 5.75. The molecular weight excluding hydrogens is 224 g/mol. The summed E-state index contributed by atoms with van der Waals surface area (Å²) < 4.78 is 0. The molecule has 0 aliphatic rings. The van der Waals surface area contributed by atoms with Gasteiger partial charge in [-0.05, 0) is 17.7 Å². The minimum atomic E-state index is -0.0102. The highest BCUT2D eigenvalue weighted by molar-refractivity contribution is 6.30. The maximum absolute atomic E-state index is 11.5. The monoisotopic (exact) mass is 238 g/mol. The fraction of sp³-hybridized carbons (Fsp3) is 0.250. The van der Waals surface area contributed by atoms with Gasteiger partial charge in [-0.2, -0.15) is 0 Å². The molecule has 0 fully saturated rings. The zero-order valence-corrected chi connectivity index (χ0v) is 9.70. The van der Waals surface area contributed by atoms with Gasteiger partial charge in [0, 0.05) is 18.1 Å². The standard InChI is InChI=1S/C12H15ClN2O/c13-11-5-3-10(4-6-11)9-12(16)15-8-2-1-7-14/h1-6H,7-9,14H2,(H,15,16)/b2-1+. The Kier molecular flexibility index (Phi) is 5.61. The first-order chi connectivity index (χ1) is 7.72. The number of nitrogens with one attached hydrogen (secondary N) is 1. The molecule has 0 unspecified atom stereocenters. The lowest BCUT2D eigenvalue weighted by Crippen LogP contribution is -2.25. The van der Waals surface area contributed by atoms with Crippen LogP contribution in [0.2, 0.25) is 5.02 Å². The van der Waals surface area contributed by atoms with E-state index in [0.29, 0.717) is 24.5 Å². The lowest BCUT2D eigenvalue weighted by molar-refractivity contribution is -0.120. The van der Waals surface area contributed by atoms with Gasteiger partial charge < -0.3 is 11.1 Å². The van der Waals surface area contributed by atoms with E-state index in [1.807, 2.05) is 24.3 Å². The van der Waals surface area contributed by atoms with E-state index in [2.05, 4.69) is 5.32 Å². The Morgan fingerprint density at radius 1 is 1.31 bits per heavy atom. The van der Waals surface area contributed by atoms with Crippen molar-refractivity contribution in [2.45, 2.75) is 6.42 Å². The van der Waals surface area contributed by atoms with Crippen molar-refractivity contribution in [1.82, 2.24) is 5.32 Å². The van der Waals surface area contributed by atoms with Crippen LogP contribution < -0.4 is 11.1 Å². The first-order valence-corrected chi connectivity index (χ1v) is 5.46. The number of rotatable bonds is 5. The Labute approximate surface area is 100 Å². The van der Waals surface area contributed by atoms with Crippen molar-refractivity contribution in [3.05, 3.63) is 47.0 Å². The minimum Gasteiger partial charge on any atom is -0.352 e. The predicted octanol–water partition coefficient (Wildman–Crippen LogP) is 1.51. The number of benzene rings is 1. The van der Waals surface area contributed by atoms with Crippen LogP contribution in [0.5, 0.6) is 0 Å². The molecule has 86 valence electrons. The fourth-order valence-corrected chi connectivity index (χ4v) is 1.33. The largest absolute Gasteiger partial charge is 0.352 e. The third-order valence-electron chi connectivity index (χ3n) is 2.00. The maximum Gasteiger partial charge on any atom is 0.224 e. The highest BCUT2D eigenvalue weighted by Crippen LogP contribution is 2.09. The zero-order chi connectivity index (χ0) is 11.8. The van der Waals surface area contributed by atoms with Gasteiger partial charge >= 0.3 is 0 Å². The highest BCUT2D eigenvalue weighted by atomic mass is 35.5. The van der Waals surface area contributed by atoms with Crippen LogP contribution >= 0.6 is 11.6 Å². The van der Waals surface area contributed by atoms with E-state index in [4.69, 9.17) is 17.3 Å². The molecule has 0 aromatic heterocycles. The number of nitrogens with two attached hydrogens (primary N) is 1. The molecule has 0 atom stereocenters. The SMILES string of the molecule is NC/C=C/CNC(=O)Cc1ccc(Cl)cc1. The second-order valence-electron chi connectivity index (χ2n) is 3.31. The molecule has 3 N–H and O–H groups in total. The van der Waals surface area contributed by atoms with Gasteiger partial charge in [0.2, 0.25) is 5.91 Å². The summed E-state index contributed by atoms with van der Waals surface area (Å²) in [7, 11) is 0. The Hall–Kier alpha value is -1.32. The fourth-order valence-electron chi connectivity index (χ4n) is 1.20. The summed E-state index contributed by atoms with van der Waals surface area (Å²) in [5.41, 5.74) is 6.22. The van der Waals surface area contributed by atoms with Crippen LogP contribution in [0.15, 0.2) is 36.4 Å². The van der Waals surface area contributed by atoms with Crippen LogP contribution in [0.1, 0.15) is 5.56 Å². The van der Waals surface area contributed by atoms with E-state index in [-0.39, 0.29) is 5.91 Å². The third-order valence-corrected chi connectivity index (χ3v) is 2.25. The number of carbonyl (C=O) groups is 1. The second-order valence-corrected chi connectivity index (χ2v) is 3.75. The number of amides is 1. The summed E-state index contributed by atoms with van der Waals surface area (Å²) in [6.07, 6.45) is 4.01. The van der Waals surface area contributed by atoms with Gasteiger partial charge in [-0.3, -0.25) is 4.79 Å². The average molecular weight is 239 g/mol. The summed E-state index contributed by atoms with van der Waals surface area (Å²) in [6, 6.07) is 7.24. The molecule has 1 amide bonds. The molecule has 0 aliphatic heterocycles. The molecule has 1 rings (SSSR count). The van der Waals surface area contributed by atoms with Crippen molar-refractivity contribution < 1.29 is 4.79 Å². The molecule has 1 aromatic rings. The van der Waals surface area contributed by atoms with Crippen molar-refractivity contribution >= 4 is 17.5 Å². The molecule has 0 spiro atoms. The molecule has 1 aromatic carbocycles. The first kappa shape index (κ1) is 12.7. The topological polar surface area (TPSA) is 55.1 Å². The van der Waals surface area contributed by atoms with Crippen LogP contribution in [-0.4, -0.2) is 19.0 Å². The van der Waals surface area contributed by atoms with Crippen molar-refractivity contribution in [3.8, 4) is 0 Å². The van der Waals surface area contributed by atoms with Gasteiger partial charge in [-0.25, -0.2) is 0 Å². The van der Waals surface area contributed by atoms with E-state index in [1.54, 1.807) is 12.1 Å². The van der Waals surface area contributed by atoms with E-state index < -0.39 is 0 Å². The van der Waals surface area contributed by atoms with Crippen LogP contribution in [0, 0.1) is 0 Å². The van der Waals surface area contributed by atoms with E-state index in [0.717, 1.165) is 5.56 Å². The number of halogens is 1. The van der Waals surface area contributed by atoms with E-state index in [1.165, 1.54) is 0 Å². The normalized spacial score (nSPS) is 10.6. The van der Waals surface area contributed by atoms with Crippen LogP contribution in [0.4, 0.5) is 0 Å². The predicted molar refractivity (Wildman–Crippen MR) is 66.4 cm³/mol. The Bertz CT molecular complexity index is 360. The molecule has 0 radical (unpaired) electrons. The van der Waals surface area contributed by atoms with Gasteiger partial charge in [-0.1, -0.05) is 35.9 Å². The molecule has 16 heavy (non-hydrogen) atoms. The second kappa shape index (κ2) is 7.04. The lowest BCUT2D eigenvalue weighted by Gasteiger charge is -2.02. The molecular formula is C12H15ClN2O. The van der Waals surface area contributed by atoms with Crippen molar-refractivity contribution in [2.24, 2.45) is 5.73 Å². The Balaban J connectivity index is 2.34. The Morgan fingerprint density at radius 3 is 2.62 bits per heavy atom. The van der Waals surface area contributed by atoms with Crippen molar-refractivity contribution in [1.29, 1.82) is 0 Å². The number of carbonyl (C=O) groups excluding carboxylic acids is 1. The first-order valence-electron chi connectivity index (χ1n) is 5.08. The molecule has 0 heterocycles. The lowest BCUT2D eigenvalue weighted by atomic mass is 10.1. The summed E-state index contributed by atoms with van der Waals surface area (Å²) in [5.74, 6) is -0.0102. The number of hydrogen-bond donors (Lipinski definition) is 2. The quantitative estimate of drug-likeness (QED) is 0.765. The molecule has 0 saturated heterocycles. The van der Waals surface area contributed by atoms with Crippen molar-refractivity contribution in [2.75, 3.05) is 13.1 Å². The summed E-state index contributed by atoms with van der Waals surface area (Å²) in [5, 5.41) is 3.44. The number of hydrogen-bond acceptors (Lipinski definition) is 2. The van der Waals surface area contributed by atoms with E-state index in [9.17, 15) is 4.79 Å². The van der Waals surface area contributed by atoms with Crippen LogP contribution in [0.3, 0.4) is 0 Å². The molecule has 0 saturated carbocycles. The van der Waals surface area contributed by atoms with Gasteiger partial charge in [0.15, 0.2) is 0 Å². The summed E-state index contributed by atoms with van der Waals surface area (Å²) in [4.78, 5) is 11.5. The average Bonchev–Trinajstić information content (AvgIpc) is 2.28. The molecule has 0 bridgehead atoms. The maximum atomic E-state index is 11.5. The van der Waals surface area contributed by atoms with Gasteiger partial charge in [0.25, 0.3) is 0 Å². The van der Waals surface area contributed by atoms with Gasteiger partial charge in [0.1, 0.15) is 0 Å². The molecule has 4 heteroatoms. The Morgan fingerprint density at radius 2 is 2.00 bits per heavy atom. The minimum absolute atomic E-state index is 0.0102.